The van der Waals surface area contributed by atoms with Crippen LogP contribution in [0.15, 0.2) is 24.3 Å². The molecule has 6 heteroatoms. The number of carboxylic acids is 1. The molecule has 1 aliphatic rings. The lowest BCUT2D eigenvalue weighted by Crippen LogP contribution is -2.49. The van der Waals surface area contributed by atoms with Crippen molar-refractivity contribution in [3.8, 4) is 5.75 Å². The van der Waals surface area contributed by atoms with E-state index in [4.69, 9.17) is 9.84 Å². The van der Waals surface area contributed by atoms with E-state index in [1.165, 1.54) is 17.0 Å². The van der Waals surface area contributed by atoms with Gasteiger partial charge >= 0.3 is 5.97 Å². The molecule has 0 aromatic heterocycles. The average molecular weight is 265 g/mol. The summed E-state index contributed by atoms with van der Waals surface area (Å²) in [5, 5.41) is 18.2. The number of morpholine rings is 1. The number of amides is 1. The van der Waals surface area contributed by atoms with Crippen LogP contribution in [0, 0.1) is 0 Å². The summed E-state index contributed by atoms with van der Waals surface area (Å²) in [6.07, 6.45) is -0.148. The molecule has 1 fully saturated rings. The van der Waals surface area contributed by atoms with Gasteiger partial charge in [-0.15, -0.1) is 0 Å². The number of phenols is 1. The molecule has 1 aromatic carbocycles. The Labute approximate surface area is 110 Å². The third-order valence-electron chi connectivity index (χ3n) is 2.99. The second-order valence-corrected chi connectivity index (χ2v) is 4.38. The molecule has 1 heterocycles. The van der Waals surface area contributed by atoms with Gasteiger partial charge in [-0.05, 0) is 18.2 Å². The fraction of sp³-hybridized carbons (Fsp3) is 0.385. The van der Waals surface area contributed by atoms with Crippen LogP contribution in [0.2, 0.25) is 0 Å². The highest BCUT2D eigenvalue weighted by molar-refractivity contribution is 5.95. The van der Waals surface area contributed by atoms with E-state index in [0.29, 0.717) is 18.7 Å². The quantitative estimate of drug-likeness (QED) is 0.840. The van der Waals surface area contributed by atoms with Crippen LogP contribution in [0.25, 0.3) is 0 Å². The van der Waals surface area contributed by atoms with Gasteiger partial charge in [0.25, 0.3) is 5.91 Å². The van der Waals surface area contributed by atoms with E-state index in [0.717, 1.165) is 0 Å². The molecule has 1 aromatic rings. The van der Waals surface area contributed by atoms with Crippen molar-refractivity contribution in [3.05, 3.63) is 29.8 Å². The maximum atomic E-state index is 12.3. The van der Waals surface area contributed by atoms with Gasteiger partial charge in [0.15, 0.2) is 0 Å². The van der Waals surface area contributed by atoms with Gasteiger partial charge in [-0.1, -0.05) is 6.07 Å². The zero-order valence-electron chi connectivity index (χ0n) is 10.3. The first-order valence-corrected chi connectivity index (χ1v) is 5.97. The second kappa shape index (κ2) is 5.71. The molecule has 1 aliphatic heterocycles. The average Bonchev–Trinajstić information content (AvgIpc) is 2.38. The maximum absolute atomic E-state index is 12.3. The molecule has 1 unspecified atom stereocenters. The van der Waals surface area contributed by atoms with Gasteiger partial charge in [-0.3, -0.25) is 9.59 Å². The van der Waals surface area contributed by atoms with Gasteiger partial charge < -0.3 is 19.8 Å². The van der Waals surface area contributed by atoms with E-state index in [-0.39, 0.29) is 24.7 Å². The Morgan fingerprint density at radius 1 is 1.42 bits per heavy atom. The molecule has 19 heavy (non-hydrogen) atoms. The smallest absolute Gasteiger partial charge is 0.305 e. The minimum Gasteiger partial charge on any atom is -0.508 e. The number of carbonyl (C=O) groups excluding carboxylic acids is 1. The summed E-state index contributed by atoms with van der Waals surface area (Å²) >= 11 is 0. The number of carbonyl (C=O) groups is 2. The van der Waals surface area contributed by atoms with Gasteiger partial charge in [-0.25, -0.2) is 0 Å². The summed E-state index contributed by atoms with van der Waals surface area (Å²) in [5.41, 5.74) is 0.345. The number of rotatable bonds is 3. The number of ether oxygens (including phenoxy) is 1. The van der Waals surface area contributed by atoms with Crippen molar-refractivity contribution in [1.82, 2.24) is 4.90 Å². The zero-order chi connectivity index (χ0) is 13.8. The Morgan fingerprint density at radius 2 is 2.21 bits per heavy atom. The lowest BCUT2D eigenvalue weighted by Gasteiger charge is -2.34. The highest BCUT2D eigenvalue weighted by Gasteiger charge is 2.29. The Kier molecular flexibility index (Phi) is 4.01. The molecule has 0 aliphatic carbocycles. The Bertz CT molecular complexity index is 488. The first kappa shape index (κ1) is 13.4. The number of phenolic OH excluding ortho intramolecular Hbond substituents is 1. The van der Waals surface area contributed by atoms with Gasteiger partial charge in [0, 0.05) is 12.1 Å². The van der Waals surface area contributed by atoms with Crippen LogP contribution in [0.5, 0.6) is 5.75 Å². The summed E-state index contributed by atoms with van der Waals surface area (Å²) < 4.78 is 5.22. The number of benzene rings is 1. The highest BCUT2D eigenvalue weighted by Crippen LogP contribution is 2.18. The standard InChI is InChI=1S/C13H15NO5/c15-11-3-1-2-9(6-11)13(18)14-4-5-19-8-10(14)7-12(16)17/h1-3,6,10,15H,4-5,7-8H2,(H,16,17). The molecule has 1 saturated heterocycles. The summed E-state index contributed by atoms with van der Waals surface area (Å²) in [5.74, 6) is -1.25. The lowest BCUT2D eigenvalue weighted by molar-refractivity contribution is -0.139. The SMILES string of the molecule is O=C(O)CC1COCCN1C(=O)c1cccc(O)c1. The Balaban J connectivity index is 2.17. The molecule has 1 amide bonds. The van der Waals surface area contributed by atoms with Crippen LogP contribution < -0.4 is 0 Å². The van der Waals surface area contributed by atoms with Gasteiger partial charge in [-0.2, -0.15) is 0 Å². The van der Waals surface area contributed by atoms with Crippen molar-refractivity contribution < 1.29 is 24.5 Å². The van der Waals surface area contributed by atoms with E-state index < -0.39 is 12.0 Å². The van der Waals surface area contributed by atoms with Crippen molar-refractivity contribution in [2.24, 2.45) is 0 Å². The minimum atomic E-state index is -0.968. The van der Waals surface area contributed by atoms with E-state index >= 15 is 0 Å². The van der Waals surface area contributed by atoms with Crippen LogP contribution >= 0.6 is 0 Å². The van der Waals surface area contributed by atoms with Crippen LogP contribution in [-0.2, 0) is 9.53 Å². The number of hydrogen-bond donors (Lipinski definition) is 2. The zero-order valence-corrected chi connectivity index (χ0v) is 10.3. The summed E-state index contributed by atoms with van der Waals surface area (Å²) in [7, 11) is 0. The summed E-state index contributed by atoms with van der Waals surface area (Å²) in [6.45, 7) is 0.962. The summed E-state index contributed by atoms with van der Waals surface area (Å²) in [6, 6.07) is 5.55. The molecule has 102 valence electrons. The molecule has 2 rings (SSSR count). The first-order chi connectivity index (χ1) is 9.08. The minimum absolute atomic E-state index is 0.00824. The van der Waals surface area contributed by atoms with Gasteiger partial charge in [0.1, 0.15) is 5.75 Å². The Hall–Kier alpha value is -2.08. The van der Waals surface area contributed by atoms with E-state index in [1.807, 2.05) is 0 Å². The van der Waals surface area contributed by atoms with E-state index in [2.05, 4.69) is 0 Å². The number of aliphatic carboxylic acids is 1. The van der Waals surface area contributed by atoms with Crippen molar-refractivity contribution in [2.45, 2.75) is 12.5 Å². The number of aromatic hydroxyl groups is 1. The molecule has 0 bridgehead atoms. The predicted molar refractivity (Wildman–Crippen MR) is 66.0 cm³/mol. The van der Waals surface area contributed by atoms with E-state index in [9.17, 15) is 14.7 Å². The molecule has 0 radical (unpaired) electrons. The van der Waals surface area contributed by atoms with Gasteiger partial charge in [0.2, 0.25) is 0 Å². The topological polar surface area (TPSA) is 87.1 Å². The molecule has 1 atom stereocenters. The van der Waals surface area contributed by atoms with Crippen LogP contribution in [0.1, 0.15) is 16.8 Å². The molecule has 6 nitrogen and oxygen atoms in total. The highest BCUT2D eigenvalue weighted by atomic mass is 16.5. The first-order valence-electron chi connectivity index (χ1n) is 5.97. The number of hydrogen-bond acceptors (Lipinski definition) is 4. The second-order valence-electron chi connectivity index (χ2n) is 4.38. The third-order valence-corrected chi connectivity index (χ3v) is 2.99. The van der Waals surface area contributed by atoms with Crippen molar-refractivity contribution in [1.29, 1.82) is 0 Å². The van der Waals surface area contributed by atoms with Crippen molar-refractivity contribution in [2.75, 3.05) is 19.8 Å². The fourth-order valence-electron chi connectivity index (χ4n) is 2.10. The predicted octanol–water partition coefficient (Wildman–Crippen LogP) is 0.708. The monoisotopic (exact) mass is 265 g/mol. The lowest BCUT2D eigenvalue weighted by atomic mass is 10.1. The normalized spacial score (nSPS) is 19.2. The number of carboxylic acid groups (broad SMARTS) is 1. The summed E-state index contributed by atoms with van der Waals surface area (Å²) in [4.78, 5) is 24.6. The molecule has 0 saturated carbocycles. The van der Waals surface area contributed by atoms with Crippen LogP contribution in [0.4, 0.5) is 0 Å². The molecular weight excluding hydrogens is 250 g/mol. The van der Waals surface area contributed by atoms with Crippen molar-refractivity contribution in [3.63, 3.8) is 0 Å². The van der Waals surface area contributed by atoms with Crippen LogP contribution in [-0.4, -0.2) is 52.8 Å². The maximum Gasteiger partial charge on any atom is 0.305 e. The molecule has 2 N–H and O–H groups in total. The molecular formula is C13H15NO5. The van der Waals surface area contributed by atoms with E-state index in [1.54, 1.807) is 12.1 Å². The molecule has 0 spiro atoms. The van der Waals surface area contributed by atoms with Crippen LogP contribution in [0.3, 0.4) is 0 Å². The van der Waals surface area contributed by atoms with Crippen molar-refractivity contribution >= 4 is 11.9 Å². The van der Waals surface area contributed by atoms with Gasteiger partial charge in [0.05, 0.1) is 25.7 Å². The fourth-order valence-corrected chi connectivity index (χ4v) is 2.10. The largest absolute Gasteiger partial charge is 0.508 e. The third kappa shape index (κ3) is 3.23. The number of nitrogens with zero attached hydrogens (tertiary/aromatic N) is 1. The Morgan fingerprint density at radius 3 is 2.89 bits per heavy atom.